The number of hydrogen-bond acceptors (Lipinski definition) is 5. The molecule has 168 valence electrons. The normalized spacial score (nSPS) is 11.2. The van der Waals surface area contributed by atoms with Crippen LogP contribution in [0.25, 0.3) is 11.4 Å². The van der Waals surface area contributed by atoms with Crippen molar-refractivity contribution in [3.8, 4) is 23.0 Å². The van der Waals surface area contributed by atoms with Crippen LogP contribution in [0.5, 0.6) is 11.6 Å². The van der Waals surface area contributed by atoms with E-state index in [9.17, 15) is 9.18 Å². The fourth-order valence-electron chi connectivity index (χ4n) is 2.89. The van der Waals surface area contributed by atoms with Crippen LogP contribution in [0.3, 0.4) is 0 Å². The van der Waals surface area contributed by atoms with E-state index >= 15 is 0 Å². The van der Waals surface area contributed by atoms with Gasteiger partial charge in [-0.2, -0.15) is 4.98 Å². The smallest absolute Gasteiger partial charge is 0.303 e. The fourth-order valence-corrected chi connectivity index (χ4v) is 2.89. The van der Waals surface area contributed by atoms with Crippen molar-refractivity contribution in [2.75, 3.05) is 6.61 Å². The van der Waals surface area contributed by atoms with Gasteiger partial charge < -0.3 is 14.6 Å². The Hall–Kier alpha value is -3.48. The van der Waals surface area contributed by atoms with Crippen LogP contribution in [0.15, 0.2) is 54.6 Å². The van der Waals surface area contributed by atoms with Crippen LogP contribution >= 0.6 is 0 Å². The molecule has 7 heteroatoms. The van der Waals surface area contributed by atoms with E-state index in [1.807, 2.05) is 32.9 Å². The highest BCUT2D eigenvalue weighted by atomic mass is 19.1. The standard InChI is InChI=1S/C25H27FN2O4/c1-25(2,3)21-15-22(32-16-18-7-4-5-8-20(18)26)28-24(27-21)17-10-12-19(13-11-17)31-14-6-9-23(29)30/h4-5,7-8,10-13,15H,6,9,14,16H2,1-3H3,(H,29,30). The van der Waals surface area contributed by atoms with Crippen molar-refractivity contribution < 1.29 is 23.8 Å². The van der Waals surface area contributed by atoms with Crippen LogP contribution in [0.2, 0.25) is 0 Å². The molecule has 0 saturated carbocycles. The molecule has 0 spiro atoms. The maximum Gasteiger partial charge on any atom is 0.303 e. The summed E-state index contributed by atoms with van der Waals surface area (Å²) in [6.07, 6.45) is 0.512. The van der Waals surface area contributed by atoms with Gasteiger partial charge in [0.1, 0.15) is 18.2 Å². The molecule has 1 heterocycles. The molecule has 1 aromatic heterocycles. The summed E-state index contributed by atoms with van der Waals surface area (Å²) in [4.78, 5) is 19.8. The summed E-state index contributed by atoms with van der Waals surface area (Å²) in [7, 11) is 0. The molecule has 0 bridgehead atoms. The van der Waals surface area contributed by atoms with E-state index in [2.05, 4.69) is 4.98 Å². The number of nitrogens with zero attached hydrogens (tertiary/aromatic N) is 2. The zero-order valence-corrected chi connectivity index (χ0v) is 18.5. The second-order valence-corrected chi connectivity index (χ2v) is 8.42. The summed E-state index contributed by atoms with van der Waals surface area (Å²) in [6.45, 7) is 6.54. The minimum absolute atomic E-state index is 0.0653. The van der Waals surface area contributed by atoms with Gasteiger partial charge in [-0.05, 0) is 36.8 Å². The van der Waals surface area contributed by atoms with E-state index in [1.54, 1.807) is 36.4 Å². The quantitative estimate of drug-likeness (QED) is 0.450. The van der Waals surface area contributed by atoms with Crippen LogP contribution < -0.4 is 9.47 Å². The minimum atomic E-state index is -0.840. The van der Waals surface area contributed by atoms with Gasteiger partial charge in [0.2, 0.25) is 5.88 Å². The summed E-state index contributed by atoms with van der Waals surface area (Å²) < 4.78 is 25.3. The fraction of sp³-hybridized carbons (Fsp3) is 0.320. The Labute approximate surface area is 187 Å². The molecule has 0 fully saturated rings. The molecule has 0 atom stereocenters. The number of carboxylic acid groups (broad SMARTS) is 1. The van der Waals surface area contributed by atoms with Gasteiger partial charge in [-0.3, -0.25) is 4.79 Å². The van der Waals surface area contributed by atoms with Crippen LogP contribution in [-0.2, 0) is 16.8 Å². The number of carboxylic acids is 1. The molecule has 3 rings (SSSR count). The first kappa shape index (κ1) is 23.2. The van der Waals surface area contributed by atoms with Gasteiger partial charge in [-0.25, -0.2) is 9.37 Å². The maximum absolute atomic E-state index is 13.9. The van der Waals surface area contributed by atoms with Crippen LogP contribution in [0, 0.1) is 5.82 Å². The lowest BCUT2D eigenvalue weighted by atomic mass is 9.92. The monoisotopic (exact) mass is 438 g/mol. The predicted molar refractivity (Wildman–Crippen MR) is 119 cm³/mol. The number of halogens is 1. The van der Waals surface area contributed by atoms with Gasteiger partial charge in [0.25, 0.3) is 0 Å². The Morgan fingerprint density at radius 3 is 2.41 bits per heavy atom. The van der Waals surface area contributed by atoms with Gasteiger partial charge in [0.05, 0.1) is 12.3 Å². The Morgan fingerprint density at radius 1 is 1.03 bits per heavy atom. The summed E-state index contributed by atoms with van der Waals surface area (Å²) in [5, 5.41) is 8.69. The summed E-state index contributed by atoms with van der Waals surface area (Å²) in [5.41, 5.74) is 1.81. The van der Waals surface area contributed by atoms with E-state index < -0.39 is 5.97 Å². The van der Waals surface area contributed by atoms with Crippen molar-refractivity contribution in [2.24, 2.45) is 0 Å². The van der Waals surface area contributed by atoms with Crippen molar-refractivity contribution in [3.05, 3.63) is 71.7 Å². The third kappa shape index (κ3) is 6.51. The summed E-state index contributed by atoms with van der Waals surface area (Å²) in [5.74, 6) is 0.349. The largest absolute Gasteiger partial charge is 0.494 e. The molecule has 0 aliphatic rings. The van der Waals surface area contributed by atoms with E-state index in [4.69, 9.17) is 19.6 Å². The lowest BCUT2D eigenvalue weighted by Gasteiger charge is -2.19. The molecule has 2 aromatic carbocycles. The molecule has 0 saturated heterocycles. The number of rotatable bonds is 9. The summed E-state index contributed by atoms with van der Waals surface area (Å²) >= 11 is 0. The number of carbonyl (C=O) groups is 1. The van der Waals surface area contributed by atoms with Crippen LogP contribution in [0.1, 0.15) is 44.9 Å². The molecule has 0 aliphatic carbocycles. The maximum atomic E-state index is 13.9. The molecule has 0 radical (unpaired) electrons. The first-order chi connectivity index (χ1) is 15.2. The topological polar surface area (TPSA) is 81.5 Å². The van der Waals surface area contributed by atoms with E-state index in [1.165, 1.54) is 6.07 Å². The van der Waals surface area contributed by atoms with Crippen molar-refractivity contribution in [1.82, 2.24) is 9.97 Å². The Kier molecular flexibility index (Phi) is 7.41. The van der Waals surface area contributed by atoms with Crippen molar-refractivity contribution in [3.63, 3.8) is 0 Å². The lowest BCUT2D eigenvalue weighted by molar-refractivity contribution is -0.137. The van der Waals surface area contributed by atoms with Gasteiger partial charge in [-0.1, -0.05) is 39.0 Å². The number of hydrogen-bond donors (Lipinski definition) is 1. The van der Waals surface area contributed by atoms with Crippen molar-refractivity contribution in [1.29, 1.82) is 0 Å². The Morgan fingerprint density at radius 2 is 1.75 bits per heavy atom. The van der Waals surface area contributed by atoms with Crippen molar-refractivity contribution in [2.45, 2.75) is 45.6 Å². The predicted octanol–water partition coefficient (Wildman–Crippen LogP) is 5.40. The molecule has 3 aromatic rings. The number of benzene rings is 2. The van der Waals surface area contributed by atoms with E-state index in [0.29, 0.717) is 36.0 Å². The van der Waals surface area contributed by atoms with Crippen LogP contribution in [-0.4, -0.2) is 27.7 Å². The third-order valence-electron chi connectivity index (χ3n) is 4.72. The molecule has 0 unspecified atom stereocenters. The second kappa shape index (κ2) is 10.2. The second-order valence-electron chi connectivity index (χ2n) is 8.42. The van der Waals surface area contributed by atoms with Gasteiger partial charge in [0, 0.05) is 29.0 Å². The molecule has 0 aliphatic heterocycles. The molecular formula is C25H27FN2O4. The molecule has 32 heavy (non-hydrogen) atoms. The van der Waals surface area contributed by atoms with Gasteiger partial charge in [-0.15, -0.1) is 0 Å². The third-order valence-corrected chi connectivity index (χ3v) is 4.72. The SMILES string of the molecule is CC(C)(C)c1cc(OCc2ccccc2F)nc(-c2ccc(OCCCC(=O)O)cc2)n1. The summed E-state index contributed by atoms with van der Waals surface area (Å²) in [6, 6.07) is 15.5. The Balaban J connectivity index is 1.78. The average molecular weight is 438 g/mol. The van der Waals surface area contributed by atoms with E-state index in [-0.39, 0.29) is 24.3 Å². The molecule has 0 amide bonds. The van der Waals surface area contributed by atoms with Gasteiger partial charge in [0.15, 0.2) is 5.82 Å². The Bertz CT molecular complexity index is 1060. The minimum Gasteiger partial charge on any atom is -0.494 e. The molecule has 1 N–H and O–H groups in total. The van der Waals surface area contributed by atoms with Gasteiger partial charge >= 0.3 is 5.97 Å². The highest BCUT2D eigenvalue weighted by molar-refractivity contribution is 5.66. The first-order valence-electron chi connectivity index (χ1n) is 10.4. The lowest BCUT2D eigenvalue weighted by Crippen LogP contribution is -2.15. The molecular weight excluding hydrogens is 411 g/mol. The zero-order valence-electron chi connectivity index (χ0n) is 18.5. The van der Waals surface area contributed by atoms with Crippen molar-refractivity contribution >= 4 is 5.97 Å². The zero-order chi connectivity index (χ0) is 23.1. The average Bonchev–Trinajstić information content (AvgIpc) is 2.76. The highest BCUT2D eigenvalue weighted by Crippen LogP contribution is 2.28. The number of aliphatic carboxylic acids is 1. The molecule has 6 nitrogen and oxygen atoms in total. The number of aromatic nitrogens is 2. The number of ether oxygens (including phenoxy) is 2. The highest BCUT2D eigenvalue weighted by Gasteiger charge is 2.19. The van der Waals surface area contributed by atoms with E-state index in [0.717, 1.165) is 11.3 Å². The first-order valence-corrected chi connectivity index (χ1v) is 10.4. The van der Waals surface area contributed by atoms with Crippen LogP contribution in [0.4, 0.5) is 4.39 Å².